The Bertz CT molecular complexity index is 1110. The number of nitrogen functional groups attached to an aromatic ring is 1. The zero-order chi connectivity index (χ0) is 22.9. The molecule has 10 heteroatoms. The Morgan fingerprint density at radius 3 is 2.56 bits per heavy atom. The number of nitrogens with one attached hydrogen (secondary N) is 1. The number of anilines is 2. The Hall–Kier alpha value is -3.55. The van der Waals surface area contributed by atoms with Crippen LogP contribution in [-0.2, 0) is 5.34 Å². The Morgan fingerprint density at radius 2 is 1.91 bits per heavy atom. The van der Waals surface area contributed by atoms with Crippen molar-refractivity contribution in [2.45, 2.75) is 24.5 Å². The van der Waals surface area contributed by atoms with Crippen molar-refractivity contribution in [1.29, 1.82) is 0 Å². The lowest BCUT2D eigenvalue weighted by Gasteiger charge is -2.35. The number of methoxy groups -OCH3 is 2. The monoisotopic (exact) mass is 432 g/mol. The first kappa shape index (κ1) is 21.7. The Kier molecular flexibility index (Phi) is 5.78. The highest BCUT2D eigenvalue weighted by atomic mass is 16.6. The minimum Gasteiger partial charge on any atom is -0.493 e. The van der Waals surface area contributed by atoms with Crippen LogP contribution in [0, 0.1) is 0 Å². The van der Waals surface area contributed by atoms with Gasteiger partial charge in [-0.15, -0.1) is 0 Å². The van der Waals surface area contributed by atoms with Crippen molar-refractivity contribution >= 4 is 27.2 Å². The minimum absolute atomic E-state index is 0.236. The van der Waals surface area contributed by atoms with Crippen LogP contribution in [0.5, 0.6) is 23.1 Å². The Balaban J connectivity index is 1.66. The molecule has 0 spiro atoms. The van der Waals surface area contributed by atoms with Crippen LogP contribution in [0.4, 0.5) is 11.5 Å². The molecule has 0 bridgehead atoms. The second-order valence-corrected chi connectivity index (χ2v) is 8.19. The van der Waals surface area contributed by atoms with Crippen LogP contribution in [0.15, 0.2) is 48.8 Å². The van der Waals surface area contributed by atoms with Crippen LogP contribution >= 0.6 is 0 Å². The molecule has 0 aliphatic carbocycles. The van der Waals surface area contributed by atoms with E-state index in [0.717, 1.165) is 11.1 Å². The predicted octanol–water partition coefficient (Wildman–Crippen LogP) is 1.47. The average molecular weight is 432 g/mol. The molecular formula is C22H26B2N4O4. The van der Waals surface area contributed by atoms with Gasteiger partial charge in [0.25, 0.3) is 0 Å². The molecule has 0 amide bonds. The SMILES string of the molecule is BC(B)(Nc1ncccc1N)c1cc(OC)c2c(c1)O[C@@H](C)[C@H](c1ccc(OC)nc1)O2. The van der Waals surface area contributed by atoms with Gasteiger partial charge in [-0.05, 0) is 42.8 Å². The Labute approximate surface area is 189 Å². The van der Waals surface area contributed by atoms with Gasteiger partial charge in [0.15, 0.2) is 17.6 Å². The molecule has 164 valence electrons. The van der Waals surface area contributed by atoms with Gasteiger partial charge >= 0.3 is 0 Å². The van der Waals surface area contributed by atoms with Crippen LogP contribution in [0.25, 0.3) is 0 Å². The summed E-state index contributed by atoms with van der Waals surface area (Å²) < 4.78 is 23.4. The number of benzene rings is 1. The number of pyridine rings is 2. The number of nitrogens with zero attached hydrogens (tertiary/aromatic N) is 2. The topological polar surface area (TPSA) is 101 Å². The van der Waals surface area contributed by atoms with E-state index in [1.54, 1.807) is 38.7 Å². The van der Waals surface area contributed by atoms with Crippen LogP contribution in [0.1, 0.15) is 24.2 Å². The van der Waals surface area contributed by atoms with Crippen molar-refractivity contribution in [2.75, 3.05) is 25.3 Å². The van der Waals surface area contributed by atoms with Crippen molar-refractivity contribution in [3.63, 3.8) is 0 Å². The largest absolute Gasteiger partial charge is 0.493 e. The minimum atomic E-state index is -0.506. The van der Waals surface area contributed by atoms with Crippen molar-refractivity contribution in [2.24, 2.45) is 0 Å². The zero-order valence-corrected chi connectivity index (χ0v) is 18.9. The molecule has 0 radical (unpaired) electrons. The molecule has 3 aromatic rings. The van der Waals surface area contributed by atoms with Gasteiger partial charge in [-0.25, -0.2) is 9.97 Å². The number of aromatic nitrogens is 2. The lowest BCUT2D eigenvalue weighted by molar-refractivity contribution is 0.0277. The van der Waals surface area contributed by atoms with E-state index >= 15 is 0 Å². The van der Waals surface area contributed by atoms with E-state index in [1.807, 2.05) is 46.9 Å². The highest BCUT2D eigenvalue weighted by molar-refractivity contribution is 6.41. The second kappa shape index (κ2) is 8.53. The molecule has 0 unspecified atom stereocenters. The molecule has 0 saturated carbocycles. The van der Waals surface area contributed by atoms with E-state index in [1.165, 1.54) is 0 Å². The van der Waals surface area contributed by atoms with Crippen molar-refractivity contribution in [3.8, 4) is 23.1 Å². The maximum Gasteiger partial charge on any atom is 0.212 e. The normalized spacial score (nSPS) is 17.5. The molecule has 0 fully saturated rings. The van der Waals surface area contributed by atoms with Gasteiger partial charge in [-0.3, -0.25) is 0 Å². The molecule has 1 aliphatic rings. The number of ether oxygens (including phenoxy) is 4. The second-order valence-electron chi connectivity index (χ2n) is 8.19. The van der Waals surface area contributed by atoms with E-state index in [4.69, 9.17) is 24.7 Å². The van der Waals surface area contributed by atoms with Gasteiger partial charge in [0.05, 0.1) is 19.9 Å². The summed E-state index contributed by atoms with van der Waals surface area (Å²) in [5.41, 5.74) is 8.49. The molecule has 0 saturated heterocycles. The quantitative estimate of drug-likeness (QED) is 0.565. The summed E-state index contributed by atoms with van der Waals surface area (Å²) in [6.07, 6.45) is 2.87. The summed E-state index contributed by atoms with van der Waals surface area (Å²) in [5, 5.41) is 2.90. The van der Waals surface area contributed by atoms with Crippen LogP contribution < -0.4 is 30.0 Å². The fourth-order valence-corrected chi connectivity index (χ4v) is 3.69. The third kappa shape index (κ3) is 4.12. The van der Waals surface area contributed by atoms with Crippen molar-refractivity contribution < 1.29 is 18.9 Å². The number of rotatable bonds is 6. The molecular weight excluding hydrogens is 406 g/mol. The number of fused-ring (bicyclic) bond motifs is 1. The van der Waals surface area contributed by atoms with E-state index in [2.05, 4.69) is 15.3 Å². The van der Waals surface area contributed by atoms with E-state index in [9.17, 15) is 0 Å². The lowest BCUT2D eigenvalue weighted by Crippen LogP contribution is -2.37. The van der Waals surface area contributed by atoms with E-state index in [-0.39, 0.29) is 12.2 Å². The summed E-state index contributed by atoms with van der Waals surface area (Å²) in [5.74, 6) is 2.92. The third-order valence-corrected chi connectivity index (χ3v) is 5.51. The summed E-state index contributed by atoms with van der Waals surface area (Å²) in [6, 6.07) is 11.2. The van der Waals surface area contributed by atoms with Gasteiger partial charge in [0.1, 0.15) is 27.6 Å². The lowest BCUT2D eigenvalue weighted by atomic mass is 9.58. The first-order valence-corrected chi connectivity index (χ1v) is 10.4. The summed E-state index contributed by atoms with van der Waals surface area (Å²) in [6.45, 7) is 1.97. The Morgan fingerprint density at radius 1 is 1.09 bits per heavy atom. The summed E-state index contributed by atoms with van der Waals surface area (Å²) in [7, 11) is 7.28. The predicted molar refractivity (Wildman–Crippen MR) is 128 cm³/mol. The van der Waals surface area contributed by atoms with Gasteiger partial charge in [0, 0.05) is 29.4 Å². The summed E-state index contributed by atoms with van der Waals surface area (Å²) in [4.78, 5) is 8.63. The molecule has 32 heavy (non-hydrogen) atoms. The maximum atomic E-state index is 6.35. The van der Waals surface area contributed by atoms with Gasteiger partial charge in [-0.2, -0.15) is 0 Å². The van der Waals surface area contributed by atoms with Gasteiger partial charge < -0.3 is 30.0 Å². The third-order valence-electron chi connectivity index (χ3n) is 5.51. The molecule has 3 N–H and O–H groups in total. The fourth-order valence-electron chi connectivity index (χ4n) is 3.69. The first-order chi connectivity index (χ1) is 15.3. The van der Waals surface area contributed by atoms with Gasteiger partial charge in [0.2, 0.25) is 11.6 Å². The number of nitrogens with two attached hydrogens (primary N) is 1. The first-order valence-electron chi connectivity index (χ1n) is 10.4. The molecule has 8 nitrogen and oxygen atoms in total. The summed E-state index contributed by atoms with van der Waals surface area (Å²) >= 11 is 0. The highest BCUT2D eigenvalue weighted by Gasteiger charge is 2.34. The number of hydrogen-bond acceptors (Lipinski definition) is 8. The molecule has 2 aromatic heterocycles. The molecule has 1 aromatic carbocycles. The molecule has 1 aliphatic heterocycles. The van der Waals surface area contributed by atoms with Crippen LogP contribution in [0.3, 0.4) is 0 Å². The van der Waals surface area contributed by atoms with Crippen molar-refractivity contribution in [1.82, 2.24) is 9.97 Å². The van der Waals surface area contributed by atoms with E-state index in [0.29, 0.717) is 34.6 Å². The average Bonchev–Trinajstić information content (AvgIpc) is 2.79. The maximum absolute atomic E-state index is 6.35. The van der Waals surface area contributed by atoms with Crippen LogP contribution in [-0.4, -0.2) is 46.0 Å². The standard InChI is InChI=1S/C22H26B2N4O4/c1-12-19(13-6-7-18(30-3)27-11-13)32-20-16(29-2)9-14(10-17(20)31-12)22(23,24)28-21-15(25)5-4-8-26-21/h4-12,19H,23-25H2,1-3H3,(H,26,28)/t12-,19+/m0/s1. The smallest absolute Gasteiger partial charge is 0.212 e. The molecule has 3 heterocycles. The highest BCUT2D eigenvalue weighted by Crippen LogP contribution is 2.47. The molecule has 2 atom stereocenters. The fraction of sp³-hybridized carbons (Fsp3) is 0.273. The molecule has 4 rings (SSSR count). The van der Waals surface area contributed by atoms with Crippen molar-refractivity contribution in [3.05, 3.63) is 59.9 Å². The number of hydrogen-bond donors (Lipinski definition) is 2. The van der Waals surface area contributed by atoms with Crippen LogP contribution in [0.2, 0.25) is 0 Å². The van der Waals surface area contributed by atoms with Gasteiger partial charge in [-0.1, -0.05) is 0 Å². The van der Waals surface area contributed by atoms with E-state index < -0.39 is 5.34 Å². The zero-order valence-electron chi connectivity index (χ0n) is 18.9.